The highest BCUT2D eigenvalue weighted by Crippen LogP contribution is 2.19. The third-order valence-corrected chi connectivity index (χ3v) is 5.35. The molecule has 2 fully saturated rings. The molecule has 0 aliphatic carbocycles. The van der Waals surface area contributed by atoms with Crippen molar-refractivity contribution in [3.05, 3.63) is 29.8 Å². The van der Waals surface area contributed by atoms with Gasteiger partial charge in [-0.3, -0.25) is 4.79 Å². The summed E-state index contributed by atoms with van der Waals surface area (Å²) in [6.45, 7) is 9.53. The van der Waals surface area contributed by atoms with Gasteiger partial charge in [0.05, 0.1) is 0 Å². The molecule has 2 aliphatic rings. The summed E-state index contributed by atoms with van der Waals surface area (Å²) in [6, 6.07) is 8.04. The molecule has 25 heavy (non-hydrogen) atoms. The largest absolute Gasteiger partial charge is 0.483 e. The fraction of sp³-hybridized carbons (Fsp3) is 0.650. The lowest BCUT2D eigenvalue weighted by Gasteiger charge is -2.17. The first-order chi connectivity index (χ1) is 12.3. The Balaban J connectivity index is 1.44. The molecule has 1 aromatic carbocycles. The summed E-state index contributed by atoms with van der Waals surface area (Å²) < 4.78 is 5.83. The second-order valence-electron chi connectivity index (χ2n) is 7.16. The van der Waals surface area contributed by atoms with Gasteiger partial charge in [-0.05, 0) is 50.9 Å². The number of rotatable bonds is 8. The molecule has 1 aromatic rings. The van der Waals surface area contributed by atoms with E-state index in [4.69, 9.17) is 4.74 Å². The van der Waals surface area contributed by atoms with Crippen LogP contribution >= 0.6 is 0 Å². The molecule has 1 N–H and O–H groups in total. The quantitative estimate of drug-likeness (QED) is 0.784. The molecule has 138 valence electrons. The number of nitrogens with one attached hydrogen (secondary N) is 1. The molecule has 3 rings (SSSR count). The van der Waals surface area contributed by atoms with E-state index in [1.807, 2.05) is 23.1 Å². The van der Waals surface area contributed by atoms with Gasteiger partial charge in [0.2, 0.25) is 0 Å². The molecule has 2 saturated heterocycles. The molecule has 2 heterocycles. The maximum atomic E-state index is 12.2. The summed E-state index contributed by atoms with van der Waals surface area (Å²) in [7, 11) is 0. The lowest BCUT2D eigenvalue weighted by atomic mass is 10.1. The topological polar surface area (TPSA) is 44.8 Å². The van der Waals surface area contributed by atoms with Crippen molar-refractivity contribution in [2.45, 2.75) is 32.7 Å². The first kappa shape index (κ1) is 18.2. The highest BCUT2D eigenvalue weighted by Gasteiger charge is 2.21. The van der Waals surface area contributed by atoms with Crippen molar-refractivity contribution in [3.8, 4) is 5.75 Å². The summed E-state index contributed by atoms with van der Waals surface area (Å²) in [6.07, 6.45) is 3.51. The van der Waals surface area contributed by atoms with Crippen LogP contribution in [0.1, 0.15) is 31.7 Å². The number of hydrogen-bond donors (Lipinski definition) is 1. The number of hydrogen-bond acceptors (Lipinski definition) is 4. The van der Waals surface area contributed by atoms with Gasteiger partial charge in [0, 0.05) is 31.7 Å². The third kappa shape index (κ3) is 5.19. The lowest BCUT2D eigenvalue weighted by Crippen LogP contribution is -2.32. The summed E-state index contributed by atoms with van der Waals surface area (Å²) >= 11 is 0. The average molecular weight is 345 g/mol. The van der Waals surface area contributed by atoms with E-state index in [-0.39, 0.29) is 12.5 Å². The second kappa shape index (κ2) is 9.20. The van der Waals surface area contributed by atoms with Crippen molar-refractivity contribution in [1.82, 2.24) is 15.1 Å². The van der Waals surface area contributed by atoms with Gasteiger partial charge in [0.15, 0.2) is 6.61 Å². The van der Waals surface area contributed by atoms with Crippen LogP contribution in [0.4, 0.5) is 0 Å². The molecule has 0 saturated carbocycles. The molecule has 0 aromatic heterocycles. The average Bonchev–Trinajstić information content (AvgIpc) is 3.32. The molecule has 5 heteroatoms. The fourth-order valence-corrected chi connectivity index (χ4v) is 3.77. The molecular weight excluding hydrogens is 314 g/mol. The van der Waals surface area contributed by atoms with Crippen molar-refractivity contribution in [3.63, 3.8) is 0 Å². The van der Waals surface area contributed by atoms with Crippen molar-refractivity contribution in [1.29, 1.82) is 0 Å². The molecule has 0 spiro atoms. The molecule has 2 aliphatic heterocycles. The van der Waals surface area contributed by atoms with E-state index in [1.165, 1.54) is 19.5 Å². The molecule has 1 unspecified atom stereocenters. The van der Waals surface area contributed by atoms with Crippen LogP contribution in [0.3, 0.4) is 0 Å². The minimum Gasteiger partial charge on any atom is -0.483 e. The number of carbonyl (C=O) groups is 1. The minimum atomic E-state index is 0.103. The van der Waals surface area contributed by atoms with Crippen LogP contribution < -0.4 is 10.1 Å². The Labute approximate surface area is 151 Å². The van der Waals surface area contributed by atoms with E-state index in [9.17, 15) is 4.79 Å². The minimum absolute atomic E-state index is 0.103. The van der Waals surface area contributed by atoms with Crippen LogP contribution in [0.15, 0.2) is 24.3 Å². The normalized spacial score (nSPS) is 21.0. The van der Waals surface area contributed by atoms with E-state index in [1.54, 1.807) is 0 Å². The van der Waals surface area contributed by atoms with Crippen molar-refractivity contribution in [2.24, 2.45) is 5.92 Å². The van der Waals surface area contributed by atoms with E-state index in [0.29, 0.717) is 0 Å². The number of benzene rings is 1. The van der Waals surface area contributed by atoms with E-state index >= 15 is 0 Å². The first-order valence-electron chi connectivity index (χ1n) is 9.68. The van der Waals surface area contributed by atoms with Crippen LogP contribution in [-0.4, -0.2) is 61.6 Å². The predicted molar refractivity (Wildman–Crippen MR) is 99.7 cm³/mol. The SMILES string of the molecule is CCN1CCC(CNCc2ccccc2OCC(=O)N2CCCC2)C1. The monoisotopic (exact) mass is 345 g/mol. The maximum Gasteiger partial charge on any atom is 0.260 e. The summed E-state index contributed by atoms with van der Waals surface area (Å²) in [5.74, 6) is 1.67. The maximum absolute atomic E-state index is 12.2. The Morgan fingerprint density at radius 3 is 2.80 bits per heavy atom. The van der Waals surface area contributed by atoms with Gasteiger partial charge in [-0.15, -0.1) is 0 Å². The smallest absolute Gasteiger partial charge is 0.260 e. The summed E-state index contributed by atoms with van der Waals surface area (Å²) in [5, 5.41) is 3.57. The lowest BCUT2D eigenvalue weighted by molar-refractivity contribution is -0.132. The highest BCUT2D eigenvalue weighted by molar-refractivity contribution is 5.78. The molecule has 5 nitrogen and oxygen atoms in total. The number of amides is 1. The van der Waals surface area contributed by atoms with Crippen LogP contribution in [0.5, 0.6) is 5.75 Å². The molecule has 1 atom stereocenters. The predicted octanol–water partition coefficient (Wildman–Crippen LogP) is 2.12. The highest BCUT2D eigenvalue weighted by atomic mass is 16.5. The zero-order valence-electron chi connectivity index (χ0n) is 15.4. The third-order valence-electron chi connectivity index (χ3n) is 5.35. The Kier molecular flexibility index (Phi) is 6.70. The summed E-state index contributed by atoms with van der Waals surface area (Å²) in [4.78, 5) is 16.6. The first-order valence-corrected chi connectivity index (χ1v) is 9.68. The van der Waals surface area contributed by atoms with Crippen molar-refractivity contribution >= 4 is 5.91 Å². The molecular formula is C20H31N3O2. The van der Waals surface area contributed by atoms with Gasteiger partial charge in [-0.25, -0.2) is 0 Å². The van der Waals surface area contributed by atoms with Crippen LogP contribution in [0.25, 0.3) is 0 Å². The molecule has 0 bridgehead atoms. The van der Waals surface area contributed by atoms with Gasteiger partial charge in [-0.2, -0.15) is 0 Å². The summed E-state index contributed by atoms with van der Waals surface area (Å²) in [5.41, 5.74) is 1.13. The van der Waals surface area contributed by atoms with Crippen LogP contribution in [-0.2, 0) is 11.3 Å². The standard InChI is InChI=1S/C20H31N3O2/c1-2-22-12-9-17(15-22)13-21-14-18-7-3-4-8-19(18)25-16-20(24)23-10-5-6-11-23/h3-4,7-8,17,21H,2,5-6,9-16H2,1H3. The van der Waals surface area contributed by atoms with Gasteiger partial charge >= 0.3 is 0 Å². The number of likely N-dealkylation sites (tertiary alicyclic amines) is 2. The fourth-order valence-electron chi connectivity index (χ4n) is 3.77. The Hall–Kier alpha value is -1.59. The van der Waals surface area contributed by atoms with Gasteiger partial charge < -0.3 is 19.9 Å². The molecule has 1 amide bonds. The Bertz CT molecular complexity index is 558. The van der Waals surface area contributed by atoms with Gasteiger partial charge in [0.25, 0.3) is 5.91 Å². The zero-order chi connectivity index (χ0) is 17.5. The Morgan fingerprint density at radius 1 is 1.24 bits per heavy atom. The van der Waals surface area contributed by atoms with Crippen molar-refractivity contribution < 1.29 is 9.53 Å². The number of para-hydroxylation sites is 1. The Morgan fingerprint density at radius 2 is 2.04 bits per heavy atom. The number of ether oxygens (including phenoxy) is 1. The van der Waals surface area contributed by atoms with E-state index in [2.05, 4.69) is 23.2 Å². The molecule has 0 radical (unpaired) electrons. The van der Waals surface area contributed by atoms with Crippen LogP contribution in [0.2, 0.25) is 0 Å². The van der Waals surface area contributed by atoms with Crippen LogP contribution in [0, 0.1) is 5.92 Å². The van der Waals surface area contributed by atoms with Gasteiger partial charge in [-0.1, -0.05) is 25.1 Å². The van der Waals surface area contributed by atoms with Crippen molar-refractivity contribution in [2.75, 3.05) is 45.9 Å². The number of nitrogens with zero attached hydrogens (tertiary/aromatic N) is 2. The number of carbonyl (C=O) groups excluding carboxylic acids is 1. The van der Waals surface area contributed by atoms with E-state index < -0.39 is 0 Å². The van der Waals surface area contributed by atoms with Gasteiger partial charge in [0.1, 0.15) is 5.75 Å². The zero-order valence-corrected chi connectivity index (χ0v) is 15.4. The van der Waals surface area contributed by atoms with E-state index in [0.717, 1.165) is 62.8 Å². The second-order valence-corrected chi connectivity index (χ2v) is 7.16.